The number of rotatable bonds is 5. The molecule has 0 saturated heterocycles. The molecule has 3 aromatic rings. The van der Waals surface area contributed by atoms with Crippen LogP contribution in [0.15, 0.2) is 64.1 Å². The van der Waals surface area contributed by atoms with Crippen LogP contribution in [0.3, 0.4) is 0 Å². The monoisotopic (exact) mass is 307 g/mol. The standard InChI is InChI=1S/C18H17N3O2/c1-13-9-10-15(23-13)11-20-21-18(22)12-19-17-8-4-6-14-5-2-3-7-16(14)17/h2-11,19H,12H2,1H3,(H,21,22)/b20-11+. The zero-order valence-electron chi connectivity index (χ0n) is 12.7. The molecule has 0 aliphatic rings. The van der Waals surface area contributed by atoms with Gasteiger partial charge >= 0.3 is 0 Å². The summed E-state index contributed by atoms with van der Waals surface area (Å²) >= 11 is 0. The van der Waals surface area contributed by atoms with E-state index in [0.29, 0.717) is 5.76 Å². The molecule has 23 heavy (non-hydrogen) atoms. The fourth-order valence-electron chi connectivity index (χ4n) is 2.29. The smallest absolute Gasteiger partial charge is 0.259 e. The summed E-state index contributed by atoms with van der Waals surface area (Å²) in [5.41, 5.74) is 3.39. The number of fused-ring (bicyclic) bond motifs is 1. The molecule has 0 saturated carbocycles. The second-order valence-electron chi connectivity index (χ2n) is 5.12. The molecule has 0 aliphatic carbocycles. The summed E-state index contributed by atoms with van der Waals surface area (Å²) in [5, 5.41) is 9.21. The average Bonchev–Trinajstić information content (AvgIpc) is 2.98. The Labute approximate surface area is 134 Å². The third-order valence-electron chi connectivity index (χ3n) is 3.37. The minimum absolute atomic E-state index is 0.141. The van der Waals surface area contributed by atoms with Gasteiger partial charge in [-0.05, 0) is 30.5 Å². The topological polar surface area (TPSA) is 66.6 Å². The third-order valence-corrected chi connectivity index (χ3v) is 3.37. The Morgan fingerprint density at radius 2 is 1.96 bits per heavy atom. The molecule has 3 rings (SSSR count). The average molecular weight is 307 g/mol. The van der Waals surface area contributed by atoms with Crippen LogP contribution in [0.1, 0.15) is 11.5 Å². The molecule has 1 heterocycles. The van der Waals surface area contributed by atoms with E-state index in [9.17, 15) is 4.79 Å². The molecule has 0 fully saturated rings. The highest BCUT2D eigenvalue weighted by atomic mass is 16.3. The molecule has 0 spiro atoms. The zero-order valence-corrected chi connectivity index (χ0v) is 12.7. The van der Waals surface area contributed by atoms with Crippen LogP contribution in [-0.2, 0) is 4.79 Å². The van der Waals surface area contributed by atoms with Crippen molar-refractivity contribution < 1.29 is 9.21 Å². The van der Waals surface area contributed by atoms with Gasteiger partial charge in [0.1, 0.15) is 11.5 Å². The molecule has 1 amide bonds. The lowest BCUT2D eigenvalue weighted by atomic mass is 10.1. The molecule has 0 aliphatic heterocycles. The van der Waals surface area contributed by atoms with Crippen LogP contribution < -0.4 is 10.7 Å². The summed E-state index contributed by atoms with van der Waals surface area (Å²) in [6.07, 6.45) is 1.48. The number of hydrogen-bond donors (Lipinski definition) is 2. The predicted molar refractivity (Wildman–Crippen MR) is 91.6 cm³/mol. The maximum Gasteiger partial charge on any atom is 0.259 e. The van der Waals surface area contributed by atoms with Crippen molar-refractivity contribution >= 4 is 28.6 Å². The molecule has 2 aromatic carbocycles. The van der Waals surface area contributed by atoms with E-state index in [4.69, 9.17) is 4.42 Å². The molecule has 116 valence electrons. The van der Waals surface area contributed by atoms with E-state index in [-0.39, 0.29) is 12.5 Å². The van der Waals surface area contributed by atoms with Gasteiger partial charge in [0.25, 0.3) is 5.91 Å². The van der Waals surface area contributed by atoms with E-state index in [2.05, 4.69) is 15.8 Å². The fourth-order valence-corrected chi connectivity index (χ4v) is 2.29. The Kier molecular flexibility index (Phi) is 4.38. The van der Waals surface area contributed by atoms with E-state index in [1.54, 1.807) is 6.07 Å². The van der Waals surface area contributed by atoms with Crippen molar-refractivity contribution in [1.82, 2.24) is 5.43 Å². The van der Waals surface area contributed by atoms with Crippen LogP contribution in [0.2, 0.25) is 0 Å². The number of carbonyl (C=O) groups is 1. The van der Waals surface area contributed by atoms with E-state index in [1.807, 2.05) is 55.5 Å². The van der Waals surface area contributed by atoms with Crippen LogP contribution in [0.5, 0.6) is 0 Å². The Bertz CT molecular complexity index is 847. The van der Waals surface area contributed by atoms with Crippen LogP contribution in [0.4, 0.5) is 5.69 Å². The van der Waals surface area contributed by atoms with Crippen molar-refractivity contribution in [3.63, 3.8) is 0 Å². The summed E-state index contributed by atoms with van der Waals surface area (Å²) in [5.74, 6) is 1.18. The Balaban J connectivity index is 1.57. The van der Waals surface area contributed by atoms with Gasteiger partial charge in [0.05, 0.1) is 12.8 Å². The van der Waals surface area contributed by atoms with Gasteiger partial charge < -0.3 is 9.73 Å². The SMILES string of the molecule is Cc1ccc(/C=N/NC(=O)CNc2cccc3ccccc23)o1. The van der Waals surface area contributed by atoms with E-state index < -0.39 is 0 Å². The van der Waals surface area contributed by atoms with Gasteiger partial charge in [0.2, 0.25) is 0 Å². The summed E-state index contributed by atoms with van der Waals surface area (Å²) in [6.45, 7) is 1.99. The van der Waals surface area contributed by atoms with Crippen molar-refractivity contribution in [1.29, 1.82) is 0 Å². The summed E-state index contributed by atoms with van der Waals surface area (Å²) < 4.78 is 5.33. The maximum atomic E-state index is 11.8. The Morgan fingerprint density at radius 3 is 2.78 bits per heavy atom. The Hall–Kier alpha value is -3.08. The van der Waals surface area contributed by atoms with Crippen molar-refractivity contribution in [3.05, 3.63) is 66.1 Å². The van der Waals surface area contributed by atoms with Crippen molar-refractivity contribution in [2.45, 2.75) is 6.92 Å². The molecule has 5 nitrogen and oxygen atoms in total. The molecule has 1 aromatic heterocycles. The molecule has 0 unspecified atom stereocenters. The quantitative estimate of drug-likeness (QED) is 0.561. The van der Waals surface area contributed by atoms with E-state index in [0.717, 1.165) is 22.2 Å². The predicted octanol–water partition coefficient (Wildman–Crippen LogP) is 3.30. The molecule has 0 radical (unpaired) electrons. The summed E-state index contributed by atoms with van der Waals surface area (Å²) in [6, 6.07) is 17.6. The number of carbonyl (C=O) groups excluding carboxylic acids is 1. The van der Waals surface area contributed by atoms with Crippen molar-refractivity contribution in [2.75, 3.05) is 11.9 Å². The molecule has 2 N–H and O–H groups in total. The number of hydrazone groups is 1. The first-order valence-corrected chi connectivity index (χ1v) is 7.32. The number of nitrogens with one attached hydrogen (secondary N) is 2. The van der Waals surface area contributed by atoms with Crippen LogP contribution in [-0.4, -0.2) is 18.7 Å². The molecule has 0 bridgehead atoms. The van der Waals surface area contributed by atoms with Gasteiger partial charge in [-0.3, -0.25) is 4.79 Å². The highest BCUT2D eigenvalue weighted by molar-refractivity contribution is 5.95. The number of amides is 1. The molecule has 0 atom stereocenters. The van der Waals surface area contributed by atoms with Gasteiger partial charge in [0, 0.05) is 11.1 Å². The van der Waals surface area contributed by atoms with Crippen molar-refractivity contribution in [2.24, 2.45) is 5.10 Å². The second-order valence-corrected chi connectivity index (χ2v) is 5.12. The molecule has 5 heteroatoms. The van der Waals surface area contributed by atoms with Gasteiger partial charge in [-0.25, -0.2) is 5.43 Å². The number of anilines is 1. The maximum absolute atomic E-state index is 11.8. The third kappa shape index (κ3) is 3.77. The van der Waals surface area contributed by atoms with Gasteiger partial charge in [-0.1, -0.05) is 36.4 Å². The van der Waals surface area contributed by atoms with Crippen molar-refractivity contribution in [3.8, 4) is 0 Å². The number of benzene rings is 2. The summed E-state index contributed by atoms with van der Waals surface area (Å²) in [4.78, 5) is 11.8. The first-order valence-electron chi connectivity index (χ1n) is 7.32. The minimum Gasteiger partial charge on any atom is -0.460 e. The number of nitrogens with zero attached hydrogens (tertiary/aromatic N) is 1. The summed E-state index contributed by atoms with van der Waals surface area (Å²) in [7, 11) is 0. The van der Waals surface area contributed by atoms with E-state index in [1.165, 1.54) is 6.21 Å². The van der Waals surface area contributed by atoms with Gasteiger partial charge in [0.15, 0.2) is 0 Å². The molecular formula is C18H17N3O2. The number of aryl methyl sites for hydroxylation is 1. The Morgan fingerprint density at radius 1 is 1.13 bits per heavy atom. The van der Waals surface area contributed by atoms with Crippen LogP contribution in [0, 0.1) is 6.92 Å². The van der Waals surface area contributed by atoms with Gasteiger partial charge in [-0.15, -0.1) is 0 Å². The first-order chi connectivity index (χ1) is 11.2. The number of hydrogen-bond acceptors (Lipinski definition) is 4. The molecular weight excluding hydrogens is 290 g/mol. The van der Waals surface area contributed by atoms with Gasteiger partial charge in [-0.2, -0.15) is 5.10 Å². The second kappa shape index (κ2) is 6.79. The number of furan rings is 1. The zero-order chi connectivity index (χ0) is 16.1. The lowest BCUT2D eigenvalue weighted by Crippen LogP contribution is -2.25. The van der Waals surface area contributed by atoms with Crippen LogP contribution in [0.25, 0.3) is 10.8 Å². The lowest BCUT2D eigenvalue weighted by molar-refractivity contribution is -0.119. The fraction of sp³-hybridized carbons (Fsp3) is 0.111. The highest BCUT2D eigenvalue weighted by Crippen LogP contribution is 2.22. The first kappa shape index (κ1) is 14.8. The van der Waals surface area contributed by atoms with E-state index >= 15 is 0 Å². The lowest BCUT2D eigenvalue weighted by Gasteiger charge is -2.08. The minimum atomic E-state index is -0.225. The van der Waals surface area contributed by atoms with Crippen LogP contribution >= 0.6 is 0 Å². The highest BCUT2D eigenvalue weighted by Gasteiger charge is 2.03. The largest absolute Gasteiger partial charge is 0.460 e. The normalized spacial score (nSPS) is 11.0.